The number of nitrogens with zero attached hydrogens (tertiary/aromatic N) is 2. The van der Waals surface area contributed by atoms with Crippen molar-refractivity contribution in [2.75, 3.05) is 0 Å². The molecule has 5 nitrogen and oxygen atoms in total. The molecule has 1 fully saturated rings. The number of rotatable bonds is 5. The van der Waals surface area contributed by atoms with Gasteiger partial charge in [0, 0.05) is 11.9 Å². The van der Waals surface area contributed by atoms with Crippen LogP contribution in [0.1, 0.15) is 54.4 Å². The Morgan fingerprint density at radius 3 is 2.86 bits per heavy atom. The molecule has 0 saturated heterocycles. The quantitative estimate of drug-likeness (QED) is 0.846. The minimum absolute atomic E-state index is 0.0229. The van der Waals surface area contributed by atoms with Crippen LogP contribution in [-0.4, -0.2) is 20.9 Å². The topological polar surface area (TPSA) is 68.3 Å². The van der Waals surface area contributed by atoms with E-state index in [9.17, 15) is 4.79 Å². The normalized spacial score (nSPS) is 16.2. The van der Waals surface area contributed by atoms with Crippen LogP contribution in [0.25, 0.3) is 0 Å². The summed E-state index contributed by atoms with van der Waals surface area (Å²) >= 11 is 1.47. The lowest BCUT2D eigenvalue weighted by Gasteiger charge is -2.21. The average Bonchev–Trinajstić information content (AvgIpc) is 3.15. The third kappa shape index (κ3) is 3.50. The fourth-order valence-electron chi connectivity index (χ4n) is 2.66. The van der Waals surface area contributed by atoms with E-state index in [2.05, 4.69) is 16.0 Å². The van der Waals surface area contributed by atoms with Gasteiger partial charge in [-0.2, -0.15) is 5.10 Å². The van der Waals surface area contributed by atoms with Gasteiger partial charge in [0.25, 0.3) is 0 Å². The molecular weight excluding hydrogens is 288 g/mol. The van der Waals surface area contributed by atoms with Gasteiger partial charge in [0.1, 0.15) is 0 Å². The molecule has 6 heteroatoms. The highest BCUT2D eigenvalue weighted by Gasteiger charge is 2.16. The summed E-state index contributed by atoms with van der Waals surface area (Å²) in [4.78, 5) is 10.7. The van der Waals surface area contributed by atoms with Crippen LogP contribution in [0.15, 0.2) is 33.9 Å². The highest BCUT2D eigenvalue weighted by Crippen LogP contribution is 2.29. The second kappa shape index (κ2) is 6.39. The Kier molecular flexibility index (Phi) is 4.34. The lowest BCUT2D eigenvalue weighted by molar-refractivity contribution is 0.0656. The Labute approximate surface area is 127 Å². The summed E-state index contributed by atoms with van der Waals surface area (Å²) < 4.78 is 7.30. The summed E-state index contributed by atoms with van der Waals surface area (Å²) in [7, 11) is 0. The van der Waals surface area contributed by atoms with Crippen LogP contribution in [0.2, 0.25) is 0 Å². The number of aromatic nitrogens is 2. The van der Waals surface area contributed by atoms with Gasteiger partial charge in [-0.05, 0) is 31.0 Å². The van der Waals surface area contributed by atoms with Gasteiger partial charge in [0.2, 0.25) is 5.76 Å². The lowest BCUT2D eigenvalue weighted by Crippen LogP contribution is -2.13. The van der Waals surface area contributed by atoms with Crippen molar-refractivity contribution >= 4 is 17.7 Å². The van der Waals surface area contributed by atoms with Crippen molar-refractivity contribution in [3.05, 3.63) is 35.9 Å². The van der Waals surface area contributed by atoms with Crippen LogP contribution in [0.4, 0.5) is 0 Å². The summed E-state index contributed by atoms with van der Waals surface area (Å²) in [5, 5.41) is 14.1. The van der Waals surface area contributed by atoms with E-state index in [0.717, 1.165) is 5.69 Å². The zero-order chi connectivity index (χ0) is 14.7. The highest BCUT2D eigenvalue weighted by molar-refractivity contribution is 7.98. The Bertz CT molecular complexity index is 614. The first kappa shape index (κ1) is 14.3. The Morgan fingerprint density at radius 2 is 2.14 bits per heavy atom. The molecule has 2 aromatic heterocycles. The zero-order valence-corrected chi connectivity index (χ0v) is 12.5. The van der Waals surface area contributed by atoms with Crippen LogP contribution < -0.4 is 0 Å². The van der Waals surface area contributed by atoms with Crippen LogP contribution in [0.5, 0.6) is 0 Å². The monoisotopic (exact) mass is 306 g/mol. The Balaban J connectivity index is 1.57. The summed E-state index contributed by atoms with van der Waals surface area (Å²) in [6.45, 7) is 0. The third-order valence-corrected chi connectivity index (χ3v) is 4.71. The molecule has 21 heavy (non-hydrogen) atoms. The number of hydrogen-bond acceptors (Lipinski definition) is 4. The highest BCUT2D eigenvalue weighted by atomic mass is 32.2. The van der Waals surface area contributed by atoms with Gasteiger partial charge in [0.05, 0.1) is 11.7 Å². The summed E-state index contributed by atoms with van der Waals surface area (Å²) in [6, 6.07) is 5.74. The third-order valence-electron chi connectivity index (χ3n) is 3.77. The van der Waals surface area contributed by atoms with Crippen molar-refractivity contribution in [3.8, 4) is 0 Å². The number of carboxylic acids is 1. The number of hydrogen-bond donors (Lipinski definition) is 1. The van der Waals surface area contributed by atoms with E-state index < -0.39 is 5.97 Å². The standard InChI is InChI=1S/C15H18N2O3S/c18-15(19)13-6-7-14(20-13)21-10-11-8-9-17(16-11)12-4-2-1-3-5-12/h6-9,12H,1-5,10H2,(H,18,19). The number of furan rings is 1. The molecule has 1 saturated carbocycles. The molecule has 1 aliphatic rings. The summed E-state index contributed by atoms with van der Waals surface area (Å²) in [5.41, 5.74) is 0.999. The van der Waals surface area contributed by atoms with Gasteiger partial charge in [-0.1, -0.05) is 31.0 Å². The largest absolute Gasteiger partial charge is 0.475 e. The van der Waals surface area contributed by atoms with Crippen molar-refractivity contribution < 1.29 is 14.3 Å². The van der Waals surface area contributed by atoms with E-state index in [1.807, 2.05) is 6.07 Å². The SMILES string of the molecule is O=C(O)c1ccc(SCc2ccn(C3CCCCC3)n2)o1. The van der Waals surface area contributed by atoms with Crippen LogP contribution >= 0.6 is 11.8 Å². The number of carbonyl (C=O) groups is 1. The van der Waals surface area contributed by atoms with Crippen molar-refractivity contribution in [1.82, 2.24) is 9.78 Å². The second-order valence-corrected chi connectivity index (χ2v) is 6.27. The molecule has 0 spiro atoms. The van der Waals surface area contributed by atoms with E-state index in [1.165, 1.54) is 49.9 Å². The minimum Gasteiger partial charge on any atom is -0.475 e. The molecule has 2 heterocycles. The first-order valence-electron chi connectivity index (χ1n) is 7.22. The maximum Gasteiger partial charge on any atom is 0.371 e. The molecule has 0 radical (unpaired) electrons. The molecule has 112 valence electrons. The zero-order valence-electron chi connectivity index (χ0n) is 11.7. The fourth-order valence-corrected chi connectivity index (χ4v) is 3.42. The molecular formula is C15H18N2O3S. The molecule has 0 unspecified atom stereocenters. The lowest BCUT2D eigenvalue weighted by atomic mass is 9.96. The number of aromatic carboxylic acids is 1. The molecule has 0 amide bonds. The predicted molar refractivity (Wildman–Crippen MR) is 79.6 cm³/mol. The van der Waals surface area contributed by atoms with Gasteiger partial charge in [-0.15, -0.1) is 0 Å². The van der Waals surface area contributed by atoms with Crippen molar-refractivity contribution in [2.24, 2.45) is 0 Å². The van der Waals surface area contributed by atoms with Gasteiger partial charge in [-0.25, -0.2) is 4.79 Å². The van der Waals surface area contributed by atoms with Gasteiger partial charge >= 0.3 is 5.97 Å². The molecule has 1 aliphatic carbocycles. The fraction of sp³-hybridized carbons (Fsp3) is 0.467. The average molecular weight is 306 g/mol. The van der Waals surface area contributed by atoms with Crippen molar-refractivity contribution in [3.63, 3.8) is 0 Å². The Morgan fingerprint density at radius 1 is 1.33 bits per heavy atom. The van der Waals surface area contributed by atoms with E-state index in [-0.39, 0.29) is 5.76 Å². The van der Waals surface area contributed by atoms with E-state index in [4.69, 9.17) is 9.52 Å². The minimum atomic E-state index is -1.04. The van der Waals surface area contributed by atoms with Gasteiger partial charge in [0.15, 0.2) is 5.09 Å². The van der Waals surface area contributed by atoms with Crippen LogP contribution in [0.3, 0.4) is 0 Å². The molecule has 1 N–H and O–H groups in total. The smallest absolute Gasteiger partial charge is 0.371 e. The Hall–Kier alpha value is -1.69. The van der Waals surface area contributed by atoms with Gasteiger partial charge < -0.3 is 9.52 Å². The van der Waals surface area contributed by atoms with Gasteiger partial charge in [-0.3, -0.25) is 4.68 Å². The summed E-state index contributed by atoms with van der Waals surface area (Å²) in [5.74, 6) is -0.375. The second-order valence-electron chi connectivity index (χ2n) is 5.29. The molecule has 0 aromatic carbocycles. The van der Waals surface area contributed by atoms with Crippen LogP contribution in [-0.2, 0) is 5.75 Å². The van der Waals surface area contributed by atoms with E-state index in [0.29, 0.717) is 16.9 Å². The van der Waals surface area contributed by atoms with E-state index >= 15 is 0 Å². The molecule has 0 bridgehead atoms. The maximum absolute atomic E-state index is 10.7. The number of thioether (sulfide) groups is 1. The molecule has 0 aliphatic heterocycles. The van der Waals surface area contributed by atoms with Crippen molar-refractivity contribution in [1.29, 1.82) is 0 Å². The molecule has 0 atom stereocenters. The van der Waals surface area contributed by atoms with E-state index in [1.54, 1.807) is 6.07 Å². The number of carboxylic acid groups (broad SMARTS) is 1. The maximum atomic E-state index is 10.7. The first-order valence-corrected chi connectivity index (χ1v) is 8.21. The molecule has 2 aromatic rings. The molecule has 3 rings (SSSR count). The predicted octanol–water partition coefficient (Wildman–Crippen LogP) is 3.97. The summed E-state index contributed by atoms with van der Waals surface area (Å²) in [6.07, 6.45) is 8.41. The van der Waals surface area contributed by atoms with Crippen molar-refractivity contribution in [2.45, 2.75) is 49.0 Å². The first-order chi connectivity index (χ1) is 10.2. The van der Waals surface area contributed by atoms with Crippen LogP contribution in [0, 0.1) is 0 Å².